The number of H-pyrrole nitrogens is 1. The fraction of sp³-hybridized carbons (Fsp3) is 0.231. The lowest BCUT2D eigenvalue weighted by Crippen LogP contribution is -1.98. The van der Waals surface area contributed by atoms with Crippen molar-refractivity contribution in [1.29, 1.82) is 0 Å². The lowest BCUT2D eigenvalue weighted by molar-refractivity contribution is 0.810. The molecule has 0 spiro atoms. The van der Waals surface area contributed by atoms with E-state index < -0.39 is 0 Å². The molecule has 1 N–H and O–H groups in total. The first-order valence-electron chi connectivity index (χ1n) is 5.66. The Bertz CT molecular complexity index is 654. The van der Waals surface area contributed by atoms with Gasteiger partial charge in [0.1, 0.15) is 0 Å². The first kappa shape index (κ1) is 8.28. The summed E-state index contributed by atoms with van der Waals surface area (Å²) in [6, 6.07) is 4.25. The maximum atomic E-state index is 4.50. The minimum absolute atomic E-state index is 1.09. The molecule has 1 aliphatic heterocycles. The van der Waals surface area contributed by atoms with E-state index >= 15 is 0 Å². The predicted molar refractivity (Wildman–Crippen MR) is 62.5 cm³/mol. The number of fused-ring (bicyclic) bond motifs is 3. The Kier molecular flexibility index (Phi) is 1.46. The molecule has 0 saturated carbocycles. The highest BCUT2D eigenvalue weighted by Crippen LogP contribution is 2.40. The van der Waals surface area contributed by atoms with Crippen LogP contribution in [0.3, 0.4) is 0 Å². The Morgan fingerprint density at radius 1 is 1.12 bits per heavy atom. The number of hydrogen-bond donors (Lipinski definition) is 1. The largest absolute Gasteiger partial charge is 0.276 e. The fourth-order valence-corrected chi connectivity index (χ4v) is 2.88. The van der Waals surface area contributed by atoms with Crippen LogP contribution in [0, 0.1) is 0 Å². The van der Waals surface area contributed by atoms with E-state index in [1.54, 1.807) is 0 Å². The Morgan fingerprint density at radius 3 is 3.12 bits per heavy atom. The topological polar surface area (TPSA) is 41.6 Å². The Balaban J connectivity index is 2.30. The molecule has 0 saturated heterocycles. The van der Waals surface area contributed by atoms with Gasteiger partial charge in [0.15, 0.2) is 0 Å². The van der Waals surface area contributed by atoms with Crippen LogP contribution in [0.2, 0.25) is 0 Å². The molecule has 0 unspecified atom stereocenters. The van der Waals surface area contributed by atoms with E-state index in [-0.39, 0.29) is 0 Å². The first-order valence-corrected chi connectivity index (χ1v) is 5.66. The molecule has 0 radical (unpaired) electrons. The van der Waals surface area contributed by atoms with Crippen LogP contribution < -0.4 is 0 Å². The van der Waals surface area contributed by atoms with Gasteiger partial charge >= 0.3 is 0 Å². The molecule has 2 heterocycles. The van der Waals surface area contributed by atoms with Crippen LogP contribution in [-0.4, -0.2) is 15.2 Å². The van der Waals surface area contributed by atoms with Crippen LogP contribution in [0.4, 0.5) is 0 Å². The number of pyridine rings is 1. The van der Waals surface area contributed by atoms with Crippen LogP contribution in [0.15, 0.2) is 24.5 Å². The number of nitrogens with one attached hydrogen (secondary N) is 1. The van der Waals surface area contributed by atoms with Crippen molar-refractivity contribution >= 4 is 10.9 Å². The van der Waals surface area contributed by atoms with Crippen LogP contribution in [0.5, 0.6) is 0 Å². The van der Waals surface area contributed by atoms with Crippen LogP contribution in [-0.2, 0) is 12.8 Å². The van der Waals surface area contributed by atoms with E-state index in [0.717, 1.165) is 17.6 Å². The summed E-state index contributed by atoms with van der Waals surface area (Å²) in [7, 11) is 0. The molecule has 78 valence electrons. The highest BCUT2D eigenvalue weighted by atomic mass is 15.1. The van der Waals surface area contributed by atoms with Crippen molar-refractivity contribution in [2.45, 2.75) is 19.3 Å². The molecule has 16 heavy (non-hydrogen) atoms. The second kappa shape index (κ2) is 2.82. The van der Waals surface area contributed by atoms with Gasteiger partial charge in [-0.05, 0) is 42.5 Å². The standard InChI is InChI=1S/C13H11N3/c1-2-8-4-6-14-13-11(8)9(3-1)10-5-7-15-16-12(10)13/h4-7,16H,1-3H2. The highest BCUT2D eigenvalue weighted by molar-refractivity contribution is 6.03. The van der Waals surface area contributed by atoms with E-state index in [4.69, 9.17) is 0 Å². The number of aromatic amines is 1. The van der Waals surface area contributed by atoms with Gasteiger partial charge in [-0.3, -0.25) is 10.1 Å². The maximum absolute atomic E-state index is 4.50. The molecule has 0 amide bonds. The van der Waals surface area contributed by atoms with Crippen molar-refractivity contribution < 1.29 is 0 Å². The zero-order chi connectivity index (χ0) is 10.5. The molecule has 3 aliphatic rings. The van der Waals surface area contributed by atoms with Crippen molar-refractivity contribution in [3.8, 4) is 11.3 Å². The highest BCUT2D eigenvalue weighted by Gasteiger charge is 2.23. The number of nitrogens with zero attached hydrogens (tertiary/aromatic N) is 2. The monoisotopic (exact) mass is 209 g/mol. The molecule has 3 nitrogen and oxygen atoms in total. The van der Waals surface area contributed by atoms with Crippen LogP contribution >= 0.6 is 0 Å². The van der Waals surface area contributed by atoms with E-state index in [0.29, 0.717) is 0 Å². The zero-order valence-corrected chi connectivity index (χ0v) is 8.83. The summed E-state index contributed by atoms with van der Waals surface area (Å²) in [6.45, 7) is 0. The van der Waals surface area contributed by atoms with Crippen LogP contribution in [0.1, 0.15) is 17.5 Å². The Hall–Kier alpha value is -1.90. The average Bonchev–Trinajstić information content (AvgIpc) is 2.68. The summed E-state index contributed by atoms with van der Waals surface area (Å²) in [5.74, 6) is 0. The summed E-state index contributed by atoms with van der Waals surface area (Å²) in [5.41, 5.74) is 6.38. The van der Waals surface area contributed by atoms with Crippen molar-refractivity contribution in [3.05, 3.63) is 35.7 Å². The van der Waals surface area contributed by atoms with Gasteiger partial charge in [-0.1, -0.05) is 0 Å². The van der Waals surface area contributed by atoms with Crippen molar-refractivity contribution in [2.24, 2.45) is 0 Å². The third-order valence-electron chi connectivity index (χ3n) is 3.54. The van der Waals surface area contributed by atoms with Gasteiger partial charge in [0.25, 0.3) is 0 Å². The van der Waals surface area contributed by atoms with E-state index in [1.807, 2.05) is 12.4 Å². The normalized spacial score (nSPS) is 14.8. The van der Waals surface area contributed by atoms with E-state index in [2.05, 4.69) is 27.3 Å². The van der Waals surface area contributed by atoms with Gasteiger partial charge in [-0.25, -0.2) is 0 Å². The van der Waals surface area contributed by atoms with Gasteiger partial charge in [-0.15, -0.1) is 0 Å². The smallest absolute Gasteiger partial charge is 0.0964 e. The number of hydrogen-bond acceptors (Lipinski definition) is 2. The number of rotatable bonds is 0. The lowest BCUT2D eigenvalue weighted by atomic mass is 9.93. The molecule has 1 aromatic heterocycles. The molecule has 1 aromatic rings. The SMILES string of the molecule is c1cc2c3c4c(ccnc4c-2[nH]n1)CCC3. The molecule has 0 aromatic carbocycles. The summed E-state index contributed by atoms with van der Waals surface area (Å²) in [4.78, 5) is 4.50. The predicted octanol–water partition coefficient (Wildman–Crippen LogP) is 2.55. The number of aryl methyl sites for hydroxylation is 2. The van der Waals surface area contributed by atoms with Crippen molar-refractivity contribution in [3.63, 3.8) is 0 Å². The summed E-state index contributed by atoms with van der Waals surface area (Å²) < 4.78 is 0. The number of aromatic nitrogens is 3. The summed E-state index contributed by atoms with van der Waals surface area (Å²) in [6.07, 6.45) is 7.32. The molecule has 0 atom stereocenters. The first-order chi connectivity index (χ1) is 7.95. The molecule has 0 bridgehead atoms. The third kappa shape index (κ3) is 0.883. The van der Waals surface area contributed by atoms with Gasteiger partial charge in [0, 0.05) is 23.3 Å². The van der Waals surface area contributed by atoms with E-state index in [1.165, 1.54) is 34.9 Å². The quantitative estimate of drug-likeness (QED) is 0.618. The van der Waals surface area contributed by atoms with Crippen molar-refractivity contribution in [2.75, 3.05) is 0 Å². The second-order valence-electron chi connectivity index (χ2n) is 4.37. The fourth-order valence-electron chi connectivity index (χ4n) is 2.88. The third-order valence-corrected chi connectivity index (χ3v) is 3.54. The summed E-state index contributed by atoms with van der Waals surface area (Å²) in [5, 5.41) is 8.56. The van der Waals surface area contributed by atoms with Crippen molar-refractivity contribution in [1.82, 2.24) is 15.2 Å². The lowest BCUT2D eigenvalue weighted by Gasteiger charge is -2.11. The molecular weight excluding hydrogens is 198 g/mol. The van der Waals surface area contributed by atoms with Gasteiger partial charge in [0.2, 0.25) is 0 Å². The van der Waals surface area contributed by atoms with Gasteiger partial charge in [-0.2, -0.15) is 5.10 Å². The minimum atomic E-state index is 1.09. The minimum Gasteiger partial charge on any atom is -0.276 e. The van der Waals surface area contributed by atoms with Gasteiger partial charge in [0.05, 0.1) is 11.2 Å². The van der Waals surface area contributed by atoms with Crippen LogP contribution in [0.25, 0.3) is 22.2 Å². The molecule has 2 aliphatic carbocycles. The summed E-state index contributed by atoms with van der Waals surface area (Å²) >= 11 is 0. The second-order valence-corrected chi connectivity index (χ2v) is 4.37. The molecule has 4 rings (SSSR count). The molecule has 3 heteroatoms. The molecule has 0 fully saturated rings. The van der Waals surface area contributed by atoms with E-state index in [9.17, 15) is 0 Å². The zero-order valence-electron chi connectivity index (χ0n) is 8.83. The van der Waals surface area contributed by atoms with Gasteiger partial charge < -0.3 is 0 Å². The Labute approximate surface area is 92.9 Å². The average molecular weight is 209 g/mol. The molecular formula is C13H11N3. The Morgan fingerprint density at radius 2 is 2.12 bits per heavy atom. The maximum Gasteiger partial charge on any atom is 0.0964 e.